The molecule has 0 radical (unpaired) electrons. The van der Waals surface area contributed by atoms with Crippen LogP contribution in [0.3, 0.4) is 0 Å². The van der Waals surface area contributed by atoms with Gasteiger partial charge in [0.2, 0.25) is 0 Å². The van der Waals surface area contributed by atoms with E-state index >= 15 is 0 Å². The van der Waals surface area contributed by atoms with Crippen molar-refractivity contribution in [3.05, 3.63) is 123 Å². The Hall–Kier alpha value is -0.497. The van der Waals surface area contributed by atoms with Crippen LogP contribution in [0.25, 0.3) is 32.3 Å². The minimum Gasteiger partial charge on any atom is -1.00 e. The van der Waals surface area contributed by atoms with Gasteiger partial charge in [0, 0.05) is 0 Å². The van der Waals surface area contributed by atoms with Crippen molar-refractivity contribution in [2.24, 2.45) is 0 Å². The van der Waals surface area contributed by atoms with Gasteiger partial charge in [-0.3, -0.25) is 0 Å². The summed E-state index contributed by atoms with van der Waals surface area (Å²) in [5.74, 6) is 0. The summed E-state index contributed by atoms with van der Waals surface area (Å²) in [6.07, 6.45) is 10.4. The van der Waals surface area contributed by atoms with Crippen LogP contribution in [-0.2, 0) is 123 Å². The van der Waals surface area contributed by atoms with Crippen LogP contribution >= 0.6 is 0 Å². The fraction of sp³-hybridized carbons (Fsp3) is 0.400. The third-order valence-electron chi connectivity index (χ3n) is 10.0. The zero-order valence-corrected chi connectivity index (χ0v) is 39.4. The number of benzene rings is 3. The van der Waals surface area contributed by atoms with Gasteiger partial charge < -0.3 is 37.2 Å². The molecule has 0 aliphatic rings. The first-order chi connectivity index (χ1) is 21.9. The average molecular weight is 848 g/mol. The minimum absolute atomic E-state index is 0. The first-order valence-electron chi connectivity index (χ1n) is 18.0. The number of fused-ring (bicyclic) bond motifs is 3. The van der Waals surface area contributed by atoms with E-state index in [1.165, 1.54) is 49.0 Å². The second-order valence-electron chi connectivity index (χ2n) is 12.2. The molecule has 6 aromatic carbocycles. The SMILES string of the molecule is CCc1cc2[cH-]ccc2c(CC)c1CC.CCc1cc2[cH-]ccc2c(CC)c1CC.CCc1cc2[cH-]ccc2c(CC)c1CC.[Cl-].[Cl-].[Cl-].[Ti+2].[Ti+2].[Ti+2]. The molecular formula is C45H57Cl3Ti3. The van der Waals surface area contributed by atoms with Crippen LogP contribution in [0.5, 0.6) is 0 Å². The van der Waals surface area contributed by atoms with Crippen LogP contribution in [0.2, 0.25) is 0 Å². The second kappa shape index (κ2) is 27.1. The molecule has 6 rings (SSSR count). The normalized spacial score (nSPS) is 9.82. The summed E-state index contributed by atoms with van der Waals surface area (Å²) in [5.41, 5.74) is 14.1. The summed E-state index contributed by atoms with van der Waals surface area (Å²) in [7, 11) is 0. The number of rotatable bonds is 9. The number of hydrogen-bond acceptors (Lipinski definition) is 0. The van der Waals surface area contributed by atoms with Gasteiger partial charge in [0.1, 0.15) is 0 Å². The van der Waals surface area contributed by atoms with Crippen molar-refractivity contribution < 1.29 is 102 Å². The van der Waals surface area contributed by atoms with Crippen LogP contribution < -0.4 is 37.2 Å². The van der Waals surface area contributed by atoms with E-state index in [4.69, 9.17) is 0 Å². The van der Waals surface area contributed by atoms with Crippen molar-refractivity contribution >= 4 is 32.3 Å². The predicted molar refractivity (Wildman–Crippen MR) is 203 cm³/mol. The molecule has 0 N–H and O–H groups in total. The van der Waals surface area contributed by atoms with Crippen molar-refractivity contribution in [3.63, 3.8) is 0 Å². The van der Waals surface area contributed by atoms with E-state index in [1.54, 1.807) is 33.4 Å². The molecule has 0 unspecified atom stereocenters. The Morgan fingerprint density at radius 2 is 0.549 bits per heavy atom. The fourth-order valence-electron chi connectivity index (χ4n) is 7.88. The van der Waals surface area contributed by atoms with Crippen molar-refractivity contribution in [1.82, 2.24) is 0 Å². The van der Waals surface area contributed by atoms with Gasteiger partial charge in [-0.2, -0.15) is 36.4 Å². The zero-order chi connectivity index (χ0) is 32.5. The van der Waals surface area contributed by atoms with E-state index in [9.17, 15) is 0 Å². The molecule has 0 nitrogen and oxygen atoms in total. The van der Waals surface area contributed by atoms with E-state index < -0.39 is 0 Å². The Morgan fingerprint density at radius 3 is 0.725 bits per heavy atom. The largest absolute Gasteiger partial charge is 2.00 e. The van der Waals surface area contributed by atoms with E-state index in [0.717, 1.165) is 57.8 Å². The van der Waals surface area contributed by atoms with E-state index in [2.05, 4.69) is 135 Å². The zero-order valence-electron chi connectivity index (χ0n) is 32.4. The van der Waals surface area contributed by atoms with Crippen LogP contribution in [0.1, 0.15) is 112 Å². The predicted octanol–water partition coefficient (Wildman–Crippen LogP) is 3.74. The van der Waals surface area contributed by atoms with E-state index in [1.807, 2.05) is 0 Å². The van der Waals surface area contributed by atoms with Crippen LogP contribution in [0.15, 0.2) is 72.8 Å². The molecule has 0 fully saturated rings. The summed E-state index contributed by atoms with van der Waals surface area (Å²) in [6.45, 7) is 20.3. The maximum atomic E-state index is 2.37. The number of aryl methyl sites for hydroxylation is 6. The Labute approximate surface area is 374 Å². The molecule has 6 aromatic rings. The molecule has 0 amide bonds. The number of halogens is 3. The Morgan fingerprint density at radius 1 is 0.333 bits per heavy atom. The third-order valence-corrected chi connectivity index (χ3v) is 10.0. The Kier molecular flexibility index (Phi) is 29.2. The first kappa shape index (κ1) is 54.8. The molecule has 0 aliphatic heterocycles. The standard InChI is InChI=1S/3C15H19.3ClH.3Ti/c3*1-4-11-10-12-8-7-9-15(12)14(6-3)13(11)5-2;;;;;;/h3*7-10H,4-6H2,1-3H3;3*1H;;;/q3*-1;;;;3*+2/p-3. The maximum absolute atomic E-state index is 2.37. The third kappa shape index (κ3) is 12.2. The molecule has 0 spiro atoms. The molecule has 0 aliphatic carbocycles. The van der Waals surface area contributed by atoms with Gasteiger partial charge in [-0.05, 0) is 57.8 Å². The molecule has 0 saturated heterocycles. The smallest absolute Gasteiger partial charge is 1.00 e. The topological polar surface area (TPSA) is 0 Å². The first-order valence-corrected chi connectivity index (χ1v) is 18.0. The molecule has 6 heteroatoms. The second-order valence-corrected chi connectivity index (χ2v) is 12.2. The van der Waals surface area contributed by atoms with Gasteiger partial charge >= 0.3 is 65.2 Å². The molecule has 0 atom stereocenters. The minimum atomic E-state index is 0. The Bertz CT molecular complexity index is 1630. The summed E-state index contributed by atoms with van der Waals surface area (Å²) in [6, 6.07) is 27.1. The summed E-state index contributed by atoms with van der Waals surface area (Å²) >= 11 is 0. The molecule has 0 bridgehead atoms. The van der Waals surface area contributed by atoms with Crippen LogP contribution in [0.4, 0.5) is 0 Å². The monoisotopic (exact) mass is 846 g/mol. The van der Waals surface area contributed by atoms with Crippen molar-refractivity contribution in [1.29, 1.82) is 0 Å². The maximum Gasteiger partial charge on any atom is 2.00 e. The fourth-order valence-corrected chi connectivity index (χ4v) is 7.88. The molecule has 51 heavy (non-hydrogen) atoms. The molecular weight excluding hydrogens is 790 g/mol. The number of hydrogen-bond donors (Lipinski definition) is 0. The van der Waals surface area contributed by atoms with Gasteiger partial charge in [0.15, 0.2) is 0 Å². The quantitative estimate of drug-likeness (QED) is 0.154. The average Bonchev–Trinajstić information content (AvgIpc) is 3.86. The van der Waals surface area contributed by atoms with Crippen LogP contribution in [-0.4, -0.2) is 0 Å². The summed E-state index contributed by atoms with van der Waals surface area (Å²) in [5, 5.41) is 8.65. The van der Waals surface area contributed by atoms with Gasteiger partial charge in [-0.1, -0.05) is 112 Å². The van der Waals surface area contributed by atoms with Gasteiger partial charge in [-0.25, -0.2) is 0 Å². The molecule has 0 saturated carbocycles. The van der Waals surface area contributed by atoms with Crippen molar-refractivity contribution in [2.45, 2.75) is 120 Å². The van der Waals surface area contributed by atoms with E-state index in [0.29, 0.717) is 0 Å². The molecule has 270 valence electrons. The van der Waals surface area contributed by atoms with Gasteiger partial charge in [0.25, 0.3) is 0 Å². The van der Waals surface area contributed by atoms with E-state index in [-0.39, 0.29) is 102 Å². The Balaban J connectivity index is -0.000000640. The van der Waals surface area contributed by atoms with Gasteiger partial charge in [-0.15, -0.1) is 68.7 Å². The summed E-state index contributed by atoms with van der Waals surface area (Å²) < 4.78 is 0. The van der Waals surface area contributed by atoms with Gasteiger partial charge in [0.05, 0.1) is 0 Å². The van der Waals surface area contributed by atoms with Crippen molar-refractivity contribution in [2.75, 3.05) is 0 Å². The molecule has 0 heterocycles. The van der Waals surface area contributed by atoms with Crippen molar-refractivity contribution in [3.8, 4) is 0 Å². The summed E-state index contributed by atoms with van der Waals surface area (Å²) in [4.78, 5) is 0. The molecule has 0 aromatic heterocycles. The van der Waals surface area contributed by atoms with Crippen LogP contribution in [0, 0.1) is 0 Å².